The van der Waals surface area contributed by atoms with Crippen molar-refractivity contribution in [3.8, 4) is 0 Å². The molecule has 1 aliphatic rings. The average molecular weight is 466 g/mol. The van der Waals surface area contributed by atoms with Crippen molar-refractivity contribution in [3.63, 3.8) is 0 Å². The lowest BCUT2D eigenvalue weighted by atomic mass is 10.1. The molecule has 1 saturated heterocycles. The Balaban J connectivity index is 1.40. The van der Waals surface area contributed by atoms with Crippen molar-refractivity contribution in [1.29, 1.82) is 0 Å². The molecule has 172 valence electrons. The van der Waals surface area contributed by atoms with Crippen LogP contribution in [-0.2, 0) is 13.1 Å². The van der Waals surface area contributed by atoms with Gasteiger partial charge >= 0.3 is 0 Å². The summed E-state index contributed by atoms with van der Waals surface area (Å²) in [6.07, 6.45) is 1.05. The van der Waals surface area contributed by atoms with Crippen molar-refractivity contribution < 1.29 is 9.18 Å². The van der Waals surface area contributed by atoms with Crippen molar-refractivity contribution in [3.05, 3.63) is 99.8 Å². The number of nitrogens with zero attached hydrogens (tertiary/aromatic N) is 2. The Bertz CT molecular complexity index is 1100. The fourth-order valence-corrected chi connectivity index (χ4v) is 4.49. The number of carbonyl (C=O) groups excluding carboxylic acids is 1. The molecule has 3 aromatic rings. The van der Waals surface area contributed by atoms with Crippen LogP contribution in [0.2, 0.25) is 5.02 Å². The molecule has 1 amide bonds. The molecule has 4 nitrogen and oxygen atoms in total. The van der Waals surface area contributed by atoms with E-state index in [1.807, 2.05) is 31.2 Å². The van der Waals surface area contributed by atoms with Gasteiger partial charge in [0.15, 0.2) is 0 Å². The molecule has 0 saturated carbocycles. The number of hydrogen-bond donors (Lipinski definition) is 1. The molecular weight excluding hydrogens is 437 g/mol. The normalized spacial score (nSPS) is 14.7. The zero-order chi connectivity index (χ0) is 23.2. The van der Waals surface area contributed by atoms with Gasteiger partial charge in [-0.3, -0.25) is 9.69 Å². The Labute approximate surface area is 200 Å². The van der Waals surface area contributed by atoms with Crippen molar-refractivity contribution >= 4 is 23.2 Å². The summed E-state index contributed by atoms with van der Waals surface area (Å²) < 4.78 is 13.2. The molecule has 0 spiro atoms. The zero-order valence-electron chi connectivity index (χ0n) is 18.9. The van der Waals surface area contributed by atoms with Crippen LogP contribution in [0, 0.1) is 12.7 Å². The number of rotatable bonds is 6. The number of para-hydroxylation sites is 1. The maximum Gasteiger partial charge on any atom is 0.251 e. The van der Waals surface area contributed by atoms with Gasteiger partial charge in [0.05, 0.1) is 0 Å². The van der Waals surface area contributed by atoms with E-state index >= 15 is 0 Å². The van der Waals surface area contributed by atoms with Gasteiger partial charge < -0.3 is 10.2 Å². The molecule has 0 aliphatic carbocycles. The van der Waals surface area contributed by atoms with Gasteiger partial charge in [-0.2, -0.15) is 0 Å². The van der Waals surface area contributed by atoms with Crippen LogP contribution in [0.5, 0.6) is 0 Å². The van der Waals surface area contributed by atoms with E-state index in [2.05, 4.69) is 27.2 Å². The first-order chi connectivity index (χ1) is 16.0. The number of carbonyl (C=O) groups is 1. The lowest BCUT2D eigenvalue weighted by molar-refractivity contribution is 0.0950. The van der Waals surface area contributed by atoms with Gasteiger partial charge in [-0.25, -0.2) is 4.39 Å². The minimum Gasteiger partial charge on any atom is -0.370 e. The van der Waals surface area contributed by atoms with Crippen LogP contribution in [-0.4, -0.2) is 37.0 Å². The highest BCUT2D eigenvalue weighted by Gasteiger charge is 2.18. The molecule has 0 bridgehead atoms. The van der Waals surface area contributed by atoms with Gasteiger partial charge in [0, 0.05) is 55.5 Å². The molecule has 1 N–H and O–H groups in total. The lowest BCUT2D eigenvalue weighted by Crippen LogP contribution is -2.32. The zero-order valence-corrected chi connectivity index (χ0v) is 19.6. The summed E-state index contributed by atoms with van der Waals surface area (Å²) in [4.78, 5) is 17.6. The summed E-state index contributed by atoms with van der Waals surface area (Å²) in [5, 5.41) is 3.65. The van der Waals surface area contributed by atoms with Gasteiger partial charge in [0.25, 0.3) is 5.91 Å². The van der Waals surface area contributed by atoms with Crippen LogP contribution in [0.1, 0.15) is 33.5 Å². The predicted molar refractivity (Wildman–Crippen MR) is 132 cm³/mol. The van der Waals surface area contributed by atoms with Crippen LogP contribution in [0.4, 0.5) is 10.1 Å². The SMILES string of the molecule is Cc1c(Cl)cccc1C(=O)NCc1ccccc1N1CCCN(Cc2ccc(F)cc2)CC1. The number of hydrogen-bond acceptors (Lipinski definition) is 3. The molecule has 1 fully saturated rings. The second kappa shape index (κ2) is 10.8. The molecule has 0 atom stereocenters. The van der Waals surface area contributed by atoms with Crippen molar-refractivity contribution in [1.82, 2.24) is 10.2 Å². The largest absolute Gasteiger partial charge is 0.370 e. The maximum atomic E-state index is 13.2. The van der Waals surface area contributed by atoms with E-state index < -0.39 is 0 Å². The number of nitrogens with one attached hydrogen (secondary N) is 1. The number of amides is 1. The first kappa shape index (κ1) is 23.3. The Kier molecular flexibility index (Phi) is 7.63. The van der Waals surface area contributed by atoms with E-state index in [0.29, 0.717) is 17.1 Å². The summed E-state index contributed by atoms with van der Waals surface area (Å²) in [7, 11) is 0. The molecule has 0 radical (unpaired) electrons. The van der Waals surface area contributed by atoms with E-state index in [0.717, 1.165) is 61.5 Å². The molecule has 33 heavy (non-hydrogen) atoms. The fourth-order valence-electron chi connectivity index (χ4n) is 4.31. The van der Waals surface area contributed by atoms with E-state index in [-0.39, 0.29) is 11.7 Å². The van der Waals surface area contributed by atoms with Gasteiger partial charge in [0.1, 0.15) is 5.82 Å². The number of anilines is 1. The summed E-state index contributed by atoms with van der Waals surface area (Å²) in [6.45, 7) is 6.93. The molecule has 1 aliphatic heterocycles. The Morgan fingerprint density at radius 2 is 1.76 bits per heavy atom. The van der Waals surface area contributed by atoms with Gasteiger partial charge in [-0.15, -0.1) is 0 Å². The third kappa shape index (κ3) is 5.92. The highest BCUT2D eigenvalue weighted by atomic mass is 35.5. The average Bonchev–Trinajstić information content (AvgIpc) is 3.06. The second-order valence-corrected chi connectivity index (χ2v) is 8.87. The van der Waals surface area contributed by atoms with Gasteiger partial charge in [0.2, 0.25) is 0 Å². The minimum absolute atomic E-state index is 0.119. The molecule has 0 aromatic heterocycles. The van der Waals surface area contributed by atoms with E-state index in [9.17, 15) is 9.18 Å². The predicted octanol–water partition coefficient (Wildman–Crippen LogP) is 5.43. The molecule has 1 heterocycles. The quantitative estimate of drug-likeness (QED) is 0.527. The van der Waals surface area contributed by atoms with E-state index in [1.54, 1.807) is 18.2 Å². The third-order valence-corrected chi connectivity index (χ3v) is 6.60. The molecule has 0 unspecified atom stereocenters. The van der Waals surface area contributed by atoms with Gasteiger partial charge in [-0.1, -0.05) is 48.0 Å². The fraction of sp³-hybridized carbons (Fsp3) is 0.296. The Hall–Kier alpha value is -2.89. The summed E-state index contributed by atoms with van der Waals surface area (Å²) in [5.74, 6) is -0.318. The van der Waals surface area contributed by atoms with Crippen molar-refractivity contribution in [2.75, 3.05) is 31.1 Å². The minimum atomic E-state index is -0.199. The van der Waals surface area contributed by atoms with Crippen LogP contribution in [0.25, 0.3) is 0 Å². The van der Waals surface area contributed by atoms with Crippen LogP contribution >= 0.6 is 11.6 Å². The highest BCUT2D eigenvalue weighted by Crippen LogP contribution is 2.23. The smallest absolute Gasteiger partial charge is 0.251 e. The van der Waals surface area contributed by atoms with Gasteiger partial charge in [-0.05, 0) is 60.4 Å². The third-order valence-electron chi connectivity index (χ3n) is 6.19. The Morgan fingerprint density at radius 3 is 2.58 bits per heavy atom. The monoisotopic (exact) mass is 465 g/mol. The summed E-state index contributed by atoms with van der Waals surface area (Å²) >= 11 is 6.18. The van der Waals surface area contributed by atoms with Crippen LogP contribution in [0.3, 0.4) is 0 Å². The highest BCUT2D eigenvalue weighted by molar-refractivity contribution is 6.31. The van der Waals surface area contributed by atoms with Crippen molar-refractivity contribution in [2.45, 2.75) is 26.4 Å². The Morgan fingerprint density at radius 1 is 0.970 bits per heavy atom. The molecule has 6 heteroatoms. The van der Waals surface area contributed by atoms with E-state index in [1.165, 1.54) is 12.1 Å². The summed E-state index contributed by atoms with van der Waals surface area (Å²) in [5.41, 5.74) is 4.77. The number of benzene rings is 3. The number of halogens is 2. The molecular formula is C27H29ClFN3O. The van der Waals surface area contributed by atoms with Crippen LogP contribution < -0.4 is 10.2 Å². The molecule has 3 aromatic carbocycles. The van der Waals surface area contributed by atoms with Crippen molar-refractivity contribution in [2.24, 2.45) is 0 Å². The molecule has 4 rings (SSSR count). The first-order valence-electron chi connectivity index (χ1n) is 11.3. The standard InChI is InChI=1S/C27H29ClFN3O/c1-20-24(7-4-8-25(20)28)27(33)30-18-22-6-2-3-9-26(22)32-15-5-14-31(16-17-32)19-21-10-12-23(29)13-11-21/h2-4,6-13H,5,14-19H2,1H3,(H,30,33). The summed E-state index contributed by atoms with van der Waals surface area (Å²) in [6, 6.07) is 20.4. The topological polar surface area (TPSA) is 35.6 Å². The second-order valence-electron chi connectivity index (χ2n) is 8.47. The maximum absolute atomic E-state index is 13.2. The van der Waals surface area contributed by atoms with Crippen LogP contribution in [0.15, 0.2) is 66.7 Å². The van der Waals surface area contributed by atoms with E-state index in [4.69, 9.17) is 11.6 Å². The first-order valence-corrected chi connectivity index (χ1v) is 11.7. The lowest BCUT2D eigenvalue weighted by Gasteiger charge is -2.26.